The van der Waals surface area contributed by atoms with Gasteiger partial charge in [0.25, 0.3) is 10.0 Å². The lowest BCUT2D eigenvalue weighted by Gasteiger charge is -2.07. The van der Waals surface area contributed by atoms with Crippen LogP contribution in [0, 0.1) is 0 Å². The molecule has 100 valence electrons. The van der Waals surface area contributed by atoms with Crippen molar-refractivity contribution in [1.29, 1.82) is 0 Å². The van der Waals surface area contributed by atoms with Gasteiger partial charge >= 0.3 is 0 Å². The Balaban J connectivity index is 1.83. The van der Waals surface area contributed by atoms with E-state index in [0.29, 0.717) is 5.75 Å². The number of benzene rings is 1. The van der Waals surface area contributed by atoms with Crippen molar-refractivity contribution in [3.8, 4) is 5.75 Å². The van der Waals surface area contributed by atoms with Crippen molar-refractivity contribution in [3.63, 3.8) is 0 Å². The lowest BCUT2D eigenvalue weighted by Crippen LogP contribution is -2.28. The Labute approximate surface area is 112 Å². The molecule has 1 aromatic heterocycles. The molecule has 6 heteroatoms. The second kappa shape index (κ2) is 6.31. The molecule has 0 atom stereocenters. The lowest BCUT2D eigenvalue weighted by molar-refractivity contribution is 0.323. The third-order valence-corrected chi connectivity index (χ3v) is 3.70. The largest absolute Gasteiger partial charge is 0.492 e. The summed E-state index contributed by atoms with van der Waals surface area (Å²) in [7, 11) is -3.56. The van der Waals surface area contributed by atoms with Crippen LogP contribution in [0.25, 0.3) is 0 Å². The molecule has 0 amide bonds. The number of pyridine rings is 1. The summed E-state index contributed by atoms with van der Waals surface area (Å²) in [5.41, 5.74) is 0. The van der Waals surface area contributed by atoms with Crippen LogP contribution in [0.1, 0.15) is 0 Å². The van der Waals surface area contributed by atoms with Crippen molar-refractivity contribution in [2.24, 2.45) is 0 Å². The van der Waals surface area contributed by atoms with E-state index >= 15 is 0 Å². The SMILES string of the molecule is O=S(=O)(NCCOc1ccccc1)c1ccccn1. The Hall–Kier alpha value is -1.92. The Morgan fingerprint density at radius 3 is 2.47 bits per heavy atom. The Morgan fingerprint density at radius 2 is 1.79 bits per heavy atom. The number of sulfonamides is 1. The third kappa shape index (κ3) is 4.04. The number of nitrogens with zero attached hydrogens (tertiary/aromatic N) is 1. The van der Waals surface area contributed by atoms with E-state index in [1.165, 1.54) is 12.3 Å². The molecule has 2 rings (SSSR count). The molecule has 0 aliphatic heterocycles. The smallest absolute Gasteiger partial charge is 0.258 e. The van der Waals surface area contributed by atoms with Crippen molar-refractivity contribution >= 4 is 10.0 Å². The first-order chi connectivity index (χ1) is 9.18. The van der Waals surface area contributed by atoms with Crippen LogP contribution in [0.3, 0.4) is 0 Å². The number of hydrogen-bond acceptors (Lipinski definition) is 4. The van der Waals surface area contributed by atoms with Gasteiger partial charge in [0, 0.05) is 12.7 Å². The third-order valence-electron chi connectivity index (χ3n) is 2.32. The molecule has 1 heterocycles. The van der Waals surface area contributed by atoms with Gasteiger partial charge in [-0.1, -0.05) is 24.3 Å². The fraction of sp³-hybridized carbons (Fsp3) is 0.154. The first kappa shape index (κ1) is 13.5. The number of hydrogen-bond donors (Lipinski definition) is 1. The standard InChI is InChI=1S/C13H14N2O3S/c16-19(17,13-8-4-5-9-14-13)15-10-11-18-12-6-2-1-3-7-12/h1-9,15H,10-11H2. The van der Waals surface area contributed by atoms with Crippen LogP contribution in [0.4, 0.5) is 0 Å². The molecule has 0 fully saturated rings. The fourth-order valence-corrected chi connectivity index (χ4v) is 2.40. The van der Waals surface area contributed by atoms with Crippen LogP contribution in [0.15, 0.2) is 59.8 Å². The minimum Gasteiger partial charge on any atom is -0.492 e. The van der Waals surface area contributed by atoms with E-state index in [9.17, 15) is 8.42 Å². The molecule has 2 aromatic rings. The second-order valence-electron chi connectivity index (χ2n) is 3.73. The first-order valence-corrected chi connectivity index (χ1v) is 7.25. The maximum Gasteiger partial charge on any atom is 0.258 e. The number of rotatable bonds is 6. The molecule has 0 bridgehead atoms. The van der Waals surface area contributed by atoms with Crippen LogP contribution < -0.4 is 9.46 Å². The number of ether oxygens (including phenoxy) is 1. The van der Waals surface area contributed by atoms with Crippen LogP contribution in [0.2, 0.25) is 0 Å². The van der Waals surface area contributed by atoms with Gasteiger partial charge in [-0.2, -0.15) is 0 Å². The fourth-order valence-electron chi connectivity index (χ4n) is 1.44. The van der Waals surface area contributed by atoms with E-state index in [-0.39, 0.29) is 18.2 Å². The summed E-state index contributed by atoms with van der Waals surface area (Å²) in [4.78, 5) is 3.80. The molecule has 1 N–H and O–H groups in total. The quantitative estimate of drug-likeness (QED) is 0.812. The number of para-hydroxylation sites is 1. The maximum atomic E-state index is 11.8. The van der Waals surface area contributed by atoms with Gasteiger partial charge in [0.2, 0.25) is 0 Å². The van der Waals surface area contributed by atoms with Crippen molar-refractivity contribution in [1.82, 2.24) is 9.71 Å². The summed E-state index contributed by atoms with van der Waals surface area (Å²) < 4.78 is 31.4. The van der Waals surface area contributed by atoms with Crippen molar-refractivity contribution < 1.29 is 13.2 Å². The Bertz CT molecular complexity index is 600. The molecule has 0 aliphatic carbocycles. The number of aromatic nitrogens is 1. The predicted octanol–water partition coefficient (Wildman–Crippen LogP) is 1.44. The highest BCUT2D eigenvalue weighted by Crippen LogP contribution is 2.07. The van der Waals surface area contributed by atoms with Crippen LogP contribution in [0.5, 0.6) is 5.75 Å². The Morgan fingerprint density at radius 1 is 1.05 bits per heavy atom. The number of nitrogens with one attached hydrogen (secondary N) is 1. The molecule has 0 saturated heterocycles. The van der Waals surface area contributed by atoms with Crippen molar-refractivity contribution in [2.45, 2.75) is 5.03 Å². The molecule has 0 spiro atoms. The van der Waals surface area contributed by atoms with Crippen molar-refractivity contribution in [2.75, 3.05) is 13.2 Å². The normalized spacial score (nSPS) is 11.2. The van der Waals surface area contributed by atoms with E-state index < -0.39 is 10.0 Å². The highest BCUT2D eigenvalue weighted by molar-refractivity contribution is 7.89. The van der Waals surface area contributed by atoms with Gasteiger partial charge < -0.3 is 4.74 Å². The van der Waals surface area contributed by atoms with E-state index in [1.807, 2.05) is 30.3 Å². The summed E-state index contributed by atoms with van der Waals surface area (Å²) >= 11 is 0. The van der Waals surface area contributed by atoms with Crippen LogP contribution in [-0.2, 0) is 10.0 Å². The lowest BCUT2D eigenvalue weighted by atomic mass is 10.3. The summed E-state index contributed by atoms with van der Waals surface area (Å²) in [6.07, 6.45) is 1.44. The first-order valence-electron chi connectivity index (χ1n) is 5.77. The zero-order valence-electron chi connectivity index (χ0n) is 10.2. The van der Waals surface area contributed by atoms with E-state index in [1.54, 1.807) is 12.1 Å². The van der Waals surface area contributed by atoms with Gasteiger partial charge in [-0.05, 0) is 24.3 Å². The zero-order valence-corrected chi connectivity index (χ0v) is 11.0. The average molecular weight is 278 g/mol. The van der Waals surface area contributed by atoms with E-state index in [2.05, 4.69) is 9.71 Å². The minimum absolute atomic E-state index is 0.00899. The molecule has 0 radical (unpaired) electrons. The summed E-state index contributed by atoms with van der Waals surface area (Å²) in [5.74, 6) is 0.708. The molecule has 5 nitrogen and oxygen atoms in total. The summed E-state index contributed by atoms with van der Waals surface area (Å²) in [6.45, 7) is 0.448. The van der Waals surface area contributed by atoms with Crippen LogP contribution in [-0.4, -0.2) is 26.6 Å². The van der Waals surface area contributed by atoms with Gasteiger partial charge in [0.15, 0.2) is 5.03 Å². The minimum atomic E-state index is -3.56. The molecular weight excluding hydrogens is 264 g/mol. The molecular formula is C13H14N2O3S. The van der Waals surface area contributed by atoms with Gasteiger partial charge in [0.05, 0.1) is 0 Å². The highest BCUT2D eigenvalue weighted by atomic mass is 32.2. The molecule has 1 aromatic carbocycles. The van der Waals surface area contributed by atoms with Gasteiger partial charge in [-0.15, -0.1) is 0 Å². The molecule has 0 saturated carbocycles. The van der Waals surface area contributed by atoms with E-state index in [4.69, 9.17) is 4.74 Å². The second-order valence-corrected chi connectivity index (χ2v) is 5.44. The summed E-state index contributed by atoms with van der Waals surface area (Å²) in [6, 6.07) is 14.0. The molecule has 0 unspecified atom stereocenters. The zero-order chi connectivity index (χ0) is 13.6. The Kier molecular flexibility index (Phi) is 4.48. The molecule has 0 aliphatic rings. The average Bonchev–Trinajstić information content (AvgIpc) is 2.46. The maximum absolute atomic E-state index is 11.8. The van der Waals surface area contributed by atoms with Crippen molar-refractivity contribution in [3.05, 3.63) is 54.7 Å². The molecule has 19 heavy (non-hydrogen) atoms. The monoisotopic (exact) mass is 278 g/mol. The van der Waals surface area contributed by atoms with Gasteiger partial charge in [0.1, 0.15) is 12.4 Å². The van der Waals surface area contributed by atoms with Crippen LogP contribution >= 0.6 is 0 Å². The van der Waals surface area contributed by atoms with E-state index in [0.717, 1.165) is 0 Å². The van der Waals surface area contributed by atoms with Gasteiger partial charge in [-0.3, -0.25) is 0 Å². The summed E-state index contributed by atoms with van der Waals surface area (Å²) in [5, 5.41) is 0.00899. The highest BCUT2D eigenvalue weighted by Gasteiger charge is 2.13. The predicted molar refractivity (Wildman–Crippen MR) is 71.4 cm³/mol. The topological polar surface area (TPSA) is 68.3 Å². The van der Waals surface area contributed by atoms with Gasteiger partial charge in [-0.25, -0.2) is 18.1 Å².